The van der Waals surface area contributed by atoms with Gasteiger partial charge in [-0.25, -0.2) is 9.97 Å². The first-order chi connectivity index (χ1) is 6.16. The topological polar surface area (TPSA) is 51.8 Å². The molecule has 0 saturated heterocycles. The van der Waals surface area contributed by atoms with Gasteiger partial charge in [0.2, 0.25) is 0 Å². The van der Waals surface area contributed by atoms with Gasteiger partial charge in [-0.1, -0.05) is 0 Å². The van der Waals surface area contributed by atoms with Crippen LogP contribution in [0.2, 0.25) is 0 Å². The van der Waals surface area contributed by atoms with E-state index in [9.17, 15) is 0 Å². The Labute approximate surface area is 84.3 Å². The zero-order chi connectivity index (χ0) is 9.42. The monoisotopic (exact) mass is 211 g/mol. The van der Waals surface area contributed by atoms with E-state index in [-0.39, 0.29) is 0 Å². The molecule has 13 heavy (non-hydrogen) atoms. The lowest BCUT2D eigenvalue weighted by Crippen LogP contribution is -1.84. The molecule has 2 aromatic rings. The normalized spacial score (nSPS) is 10.6. The number of nitrogen functional groups attached to an aromatic ring is 1. The molecule has 0 aliphatic heterocycles. The second kappa shape index (κ2) is 3.08. The van der Waals surface area contributed by atoms with Crippen LogP contribution in [0.3, 0.4) is 0 Å². The smallest absolute Gasteiger partial charge is 0.180 e. The summed E-state index contributed by atoms with van der Waals surface area (Å²) in [5.41, 5.74) is 7.42. The second-order valence-electron chi connectivity index (χ2n) is 2.71. The molecule has 0 aromatic carbocycles. The predicted octanol–water partition coefficient (Wildman–Crippen LogP) is 2.47. The van der Waals surface area contributed by atoms with Gasteiger partial charge in [-0.2, -0.15) is 0 Å². The van der Waals surface area contributed by atoms with Gasteiger partial charge in [0.25, 0.3) is 0 Å². The van der Waals surface area contributed by atoms with Crippen molar-refractivity contribution < 1.29 is 0 Å². The van der Waals surface area contributed by atoms with Crippen molar-refractivity contribution in [3.8, 4) is 11.4 Å². The SMILES string of the molecule is Cc1nc(-c2csc(N)n2)c(C)s1. The van der Waals surface area contributed by atoms with E-state index < -0.39 is 0 Å². The molecule has 3 nitrogen and oxygen atoms in total. The van der Waals surface area contributed by atoms with Crippen LogP contribution in [0.4, 0.5) is 5.13 Å². The lowest BCUT2D eigenvalue weighted by molar-refractivity contribution is 1.25. The fourth-order valence-corrected chi connectivity index (χ4v) is 2.54. The Bertz CT molecular complexity index is 430. The van der Waals surface area contributed by atoms with Crippen LogP contribution in [0.5, 0.6) is 0 Å². The van der Waals surface area contributed by atoms with Crippen molar-refractivity contribution in [1.82, 2.24) is 9.97 Å². The zero-order valence-corrected chi connectivity index (χ0v) is 9.00. The molecular weight excluding hydrogens is 202 g/mol. The molecule has 5 heteroatoms. The summed E-state index contributed by atoms with van der Waals surface area (Å²) < 4.78 is 0. The van der Waals surface area contributed by atoms with Gasteiger partial charge in [-0.3, -0.25) is 0 Å². The molecule has 0 bridgehead atoms. The average molecular weight is 211 g/mol. The van der Waals surface area contributed by atoms with Gasteiger partial charge in [0, 0.05) is 10.3 Å². The molecule has 0 fully saturated rings. The van der Waals surface area contributed by atoms with E-state index in [2.05, 4.69) is 16.9 Å². The van der Waals surface area contributed by atoms with Crippen LogP contribution < -0.4 is 5.73 Å². The highest BCUT2D eigenvalue weighted by atomic mass is 32.1. The van der Waals surface area contributed by atoms with E-state index in [0.29, 0.717) is 5.13 Å². The molecule has 0 unspecified atom stereocenters. The molecule has 0 spiro atoms. The Hall–Kier alpha value is -0.940. The van der Waals surface area contributed by atoms with Crippen molar-refractivity contribution in [2.45, 2.75) is 13.8 Å². The lowest BCUT2D eigenvalue weighted by Gasteiger charge is -1.89. The number of hydrogen-bond acceptors (Lipinski definition) is 5. The first-order valence-electron chi connectivity index (χ1n) is 3.82. The fraction of sp³-hybridized carbons (Fsp3) is 0.250. The maximum Gasteiger partial charge on any atom is 0.180 e. The number of nitrogens with two attached hydrogens (primary N) is 1. The van der Waals surface area contributed by atoms with Crippen LogP contribution in [0.1, 0.15) is 9.88 Å². The number of anilines is 1. The van der Waals surface area contributed by atoms with Crippen molar-refractivity contribution in [2.75, 3.05) is 5.73 Å². The third-order valence-electron chi connectivity index (χ3n) is 1.67. The minimum absolute atomic E-state index is 0.597. The molecule has 0 radical (unpaired) electrons. The van der Waals surface area contributed by atoms with Gasteiger partial charge >= 0.3 is 0 Å². The van der Waals surface area contributed by atoms with Gasteiger partial charge in [0.05, 0.1) is 5.01 Å². The number of aryl methyl sites for hydroxylation is 2. The summed E-state index contributed by atoms with van der Waals surface area (Å²) in [6.45, 7) is 4.05. The van der Waals surface area contributed by atoms with Crippen LogP contribution in [-0.2, 0) is 0 Å². The molecule has 0 amide bonds. The minimum Gasteiger partial charge on any atom is -0.375 e. The molecule has 0 atom stereocenters. The van der Waals surface area contributed by atoms with Gasteiger partial charge in [0.1, 0.15) is 11.4 Å². The van der Waals surface area contributed by atoms with E-state index in [4.69, 9.17) is 5.73 Å². The Kier molecular flexibility index (Phi) is 2.05. The number of rotatable bonds is 1. The average Bonchev–Trinajstić information content (AvgIpc) is 2.58. The molecule has 2 heterocycles. The largest absolute Gasteiger partial charge is 0.375 e. The zero-order valence-electron chi connectivity index (χ0n) is 7.37. The molecule has 0 aliphatic rings. The van der Waals surface area contributed by atoms with Gasteiger partial charge < -0.3 is 5.73 Å². The summed E-state index contributed by atoms with van der Waals surface area (Å²) in [6.07, 6.45) is 0. The summed E-state index contributed by atoms with van der Waals surface area (Å²) in [5, 5.41) is 3.61. The summed E-state index contributed by atoms with van der Waals surface area (Å²) in [6, 6.07) is 0. The van der Waals surface area contributed by atoms with Crippen LogP contribution in [0.25, 0.3) is 11.4 Å². The van der Waals surface area contributed by atoms with E-state index >= 15 is 0 Å². The maximum atomic E-state index is 5.56. The number of nitrogens with zero attached hydrogens (tertiary/aromatic N) is 2. The number of aromatic nitrogens is 2. The minimum atomic E-state index is 0.597. The van der Waals surface area contributed by atoms with Crippen LogP contribution in [0, 0.1) is 13.8 Å². The first-order valence-corrected chi connectivity index (χ1v) is 5.52. The van der Waals surface area contributed by atoms with Crippen molar-refractivity contribution >= 4 is 27.8 Å². The molecular formula is C8H9N3S2. The summed E-state index contributed by atoms with van der Waals surface area (Å²) in [4.78, 5) is 9.79. The van der Waals surface area contributed by atoms with Crippen LogP contribution >= 0.6 is 22.7 Å². The molecule has 2 rings (SSSR count). The molecule has 2 N–H and O–H groups in total. The van der Waals surface area contributed by atoms with E-state index in [1.54, 1.807) is 11.3 Å². The Morgan fingerprint density at radius 3 is 2.54 bits per heavy atom. The van der Waals surface area contributed by atoms with Crippen molar-refractivity contribution in [2.24, 2.45) is 0 Å². The van der Waals surface area contributed by atoms with Crippen molar-refractivity contribution in [3.63, 3.8) is 0 Å². The molecule has 0 saturated carbocycles. The standard InChI is InChI=1S/C8H9N3S2/c1-4-7(10-5(2)13-4)6-3-12-8(9)11-6/h3H,1-2H3,(H2,9,11). The first kappa shape index (κ1) is 8.65. The van der Waals surface area contributed by atoms with Gasteiger partial charge in [-0.05, 0) is 13.8 Å². The Balaban J connectivity index is 2.51. The van der Waals surface area contributed by atoms with Gasteiger partial charge in [0.15, 0.2) is 5.13 Å². The highest BCUT2D eigenvalue weighted by Crippen LogP contribution is 2.28. The van der Waals surface area contributed by atoms with E-state index in [0.717, 1.165) is 16.4 Å². The van der Waals surface area contributed by atoms with Crippen molar-refractivity contribution in [3.05, 3.63) is 15.3 Å². The van der Waals surface area contributed by atoms with E-state index in [1.165, 1.54) is 16.2 Å². The quantitative estimate of drug-likeness (QED) is 0.788. The number of thiazole rings is 2. The van der Waals surface area contributed by atoms with Crippen LogP contribution in [0.15, 0.2) is 5.38 Å². The van der Waals surface area contributed by atoms with Gasteiger partial charge in [-0.15, -0.1) is 22.7 Å². The molecule has 2 aromatic heterocycles. The number of hydrogen-bond donors (Lipinski definition) is 1. The Morgan fingerprint density at radius 2 is 2.08 bits per heavy atom. The highest BCUT2D eigenvalue weighted by molar-refractivity contribution is 7.14. The Morgan fingerprint density at radius 1 is 1.31 bits per heavy atom. The third kappa shape index (κ3) is 1.57. The second-order valence-corrected chi connectivity index (χ2v) is 5.01. The van der Waals surface area contributed by atoms with E-state index in [1.807, 2.05) is 12.3 Å². The highest BCUT2D eigenvalue weighted by Gasteiger charge is 2.09. The van der Waals surface area contributed by atoms with Crippen molar-refractivity contribution in [1.29, 1.82) is 0 Å². The molecule has 68 valence electrons. The summed E-state index contributed by atoms with van der Waals surface area (Å²) >= 11 is 3.13. The predicted molar refractivity (Wildman–Crippen MR) is 57.1 cm³/mol. The lowest BCUT2D eigenvalue weighted by atomic mass is 10.3. The maximum absolute atomic E-state index is 5.56. The summed E-state index contributed by atoms with van der Waals surface area (Å²) in [5.74, 6) is 0. The summed E-state index contributed by atoms with van der Waals surface area (Å²) in [7, 11) is 0. The third-order valence-corrected chi connectivity index (χ3v) is 3.23. The fourth-order valence-electron chi connectivity index (χ4n) is 1.16. The van der Waals surface area contributed by atoms with Crippen LogP contribution in [-0.4, -0.2) is 9.97 Å². The molecule has 0 aliphatic carbocycles.